The number of methoxy groups -OCH3 is 1. The highest BCUT2D eigenvalue weighted by atomic mass is 32.2. The van der Waals surface area contributed by atoms with Crippen LogP contribution in [-0.2, 0) is 14.6 Å². The van der Waals surface area contributed by atoms with Gasteiger partial charge in [-0.05, 0) is 36.8 Å². The number of aryl methyl sites for hydroxylation is 1. The highest BCUT2D eigenvalue weighted by Gasteiger charge is 2.72. The van der Waals surface area contributed by atoms with Gasteiger partial charge in [0, 0.05) is 5.92 Å². The van der Waals surface area contributed by atoms with E-state index in [0.717, 1.165) is 5.56 Å². The lowest BCUT2D eigenvalue weighted by atomic mass is 10.0. The fourth-order valence-corrected chi connectivity index (χ4v) is 5.49. The lowest BCUT2D eigenvalue weighted by Gasteiger charge is -2.05. The molecule has 3 rings (SSSR count). The van der Waals surface area contributed by atoms with E-state index in [0.29, 0.717) is 17.6 Å². The molecule has 2 aromatic carbocycles. The maximum absolute atomic E-state index is 13.0. The first-order chi connectivity index (χ1) is 11.9. The van der Waals surface area contributed by atoms with Crippen LogP contribution in [0.25, 0.3) is 0 Å². The van der Waals surface area contributed by atoms with Gasteiger partial charge in [0.1, 0.15) is 22.7 Å². The van der Waals surface area contributed by atoms with Gasteiger partial charge in [-0.2, -0.15) is 5.26 Å². The van der Waals surface area contributed by atoms with Crippen molar-refractivity contribution in [3.05, 3.63) is 59.7 Å². The van der Waals surface area contributed by atoms with Crippen molar-refractivity contribution in [1.82, 2.24) is 0 Å². The van der Waals surface area contributed by atoms with E-state index in [9.17, 15) is 18.5 Å². The quantitative estimate of drug-likeness (QED) is 0.770. The van der Waals surface area contributed by atoms with Gasteiger partial charge in [0.25, 0.3) is 0 Å². The molecule has 5 nitrogen and oxygen atoms in total. The molecule has 3 unspecified atom stereocenters. The molecule has 0 saturated heterocycles. The minimum Gasteiger partial charge on any atom is -0.497 e. The van der Waals surface area contributed by atoms with Crippen molar-refractivity contribution in [2.45, 2.75) is 23.0 Å². The van der Waals surface area contributed by atoms with Crippen molar-refractivity contribution in [2.75, 3.05) is 7.11 Å². The number of hydrogen-bond acceptors (Lipinski definition) is 5. The fourth-order valence-electron chi connectivity index (χ4n) is 3.25. The fraction of sp³-hybridized carbons (Fsp3) is 0.263. The standard InChI is InChI=1S/C19H17NO4S/c1-13-3-9-16(10-4-13)25(22,23)18-17(19(18,11-20)12-21)14-5-7-15(24-2)8-6-14/h3-10,12,17-18H,1-2H3. The molecule has 1 aliphatic rings. The summed E-state index contributed by atoms with van der Waals surface area (Å²) >= 11 is 0. The second-order valence-electron chi connectivity index (χ2n) is 6.19. The predicted molar refractivity (Wildman–Crippen MR) is 92.0 cm³/mol. The Morgan fingerprint density at radius 2 is 1.72 bits per heavy atom. The topological polar surface area (TPSA) is 84.2 Å². The predicted octanol–water partition coefficient (Wildman–Crippen LogP) is 2.65. The van der Waals surface area contributed by atoms with Crippen LogP contribution in [0, 0.1) is 23.7 Å². The molecular weight excluding hydrogens is 338 g/mol. The summed E-state index contributed by atoms with van der Waals surface area (Å²) in [7, 11) is -2.28. The zero-order valence-corrected chi connectivity index (χ0v) is 14.7. The summed E-state index contributed by atoms with van der Waals surface area (Å²) in [6.45, 7) is 1.86. The average Bonchev–Trinajstić information content (AvgIpc) is 3.33. The van der Waals surface area contributed by atoms with Gasteiger partial charge in [-0.25, -0.2) is 8.42 Å². The third kappa shape index (κ3) is 2.61. The number of rotatable bonds is 5. The Labute approximate surface area is 146 Å². The minimum absolute atomic E-state index is 0.126. The Morgan fingerprint density at radius 3 is 2.20 bits per heavy atom. The van der Waals surface area contributed by atoms with Gasteiger partial charge in [-0.15, -0.1) is 0 Å². The lowest BCUT2D eigenvalue weighted by molar-refractivity contribution is -0.110. The van der Waals surface area contributed by atoms with Gasteiger partial charge in [0.2, 0.25) is 0 Å². The molecule has 0 spiro atoms. The molecule has 0 N–H and O–H groups in total. The summed E-state index contributed by atoms with van der Waals surface area (Å²) < 4.78 is 31.1. The number of benzene rings is 2. The van der Waals surface area contributed by atoms with E-state index < -0.39 is 26.4 Å². The van der Waals surface area contributed by atoms with Crippen LogP contribution in [0.1, 0.15) is 17.0 Å². The Kier molecular flexibility index (Phi) is 4.13. The van der Waals surface area contributed by atoms with Gasteiger partial charge in [0.05, 0.1) is 18.1 Å². The van der Waals surface area contributed by atoms with E-state index in [2.05, 4.69) is 0 Å². The number of hydrogen-bond donors (Lipinski definition) is 0. The smallest absolute Gasteiger partial charge is 0.183 e. The summed E-state index contributed by atoms with van der Waals surface area (Å²) in [5.74, 6) is -0.0665. The van der Waals surface area contributed by atoms with E-state index >= 15 is 0 Å². The van der Waals surface area contributed by atoms with E-state index in [1.807, 2.05) is 13.0 Å². The highest BCUT2D eigenvalue weighted by Crippen LogP contribution is 2.62. The first kappa shape index (κ1) is 17.2. The molecule has 1 aliphatic carbocycles. The number of nitrogens with zero attached hydrogens (tertiary/aromatic N) is 1. The van der Waals surface area contributed by atoms with Crippen molar-refractivity contribution in [2.24, 2.45) is 5.41 Å². The van der Waals surface area contributed by atoms with Crippen LogP contribution in [0.15, 0.2) is 53.4 Å². The molecule has 0 bridgehead atoms. The van der Waals surface area contributed by atoms with Gasteiger partial charge >= 0.3 is 0 Å². The van der Waals surface area contributed by atoms with E-state index in [4.69, 9.17) is 4.74 Å². The summed E-state index contributed by atoms with van der Waals surface area (Å²) in [5, 5.41) is 8.46. The van der Waals surface area contributed by atoms with Crippen molar-refractivity contribution in [3.63, 3.8) is 0 Å². The Morgan fingerprint density at radius 1 is 1.12 bits per heavy atom. The van der Waals surface area contributed by atoms with Crippen LogP contribution in [0.3, 0.4) is 0 Å². The van der Waals surface area contributed by atoms with Crippen LogP contribution < -0.4 is 4.74 Å². The Hall–Kier alpha value is -2.65. The van der Waals surface area contributed by atoms with Crippen LogP contribution in [0.4, 0.5) is 0 Å². The third-order valence-corrected chi connectivity index (χ3v) is 6.99. The van der Waals surface area contributed by atoms with Crippen molar-refractivity contribution in [3.8, 4) is 11.8 Å². The second-order valence-corrected chi connectivity index (χ2v) is 8.26. The van der Waals surface area contributed by atoms with Gasteiger partial charge in [-0.1, -0.05) is 29.8 Å². The van der Waals surface area contributed by atoms with E-state index in [1.165, 1.54) is 19.2 Å². The molecule has 0 heterocycles. The van der Waals surface area contributed by atoms with Gasteiger partial charge in [0.15, 0.2) is 9.84 Å². The van der Waals surface area contributed by atoms with Crippen molar-refractivity contribution >= 4 is 16.1 Å². The SMILES string of the molecule is COc1ccc(C2C(S(=O)(=O)c3ccc(C)cc3)C2(C#N)C=O)cc1. The van der Waals surface area contributed by atoms with Crippen LogP contribution >= 0.6 is 0 Å². The number of carbonyl (C=O) groups excluding carboxylic acids is 1. The maximum Gasteiger partial charge on any atom is 0.183 e. The Bertz CT molecular complexity index is 942. The second kappa shape index (κ2) is 6.01. The summed E-state index contributed by atoms with van der Waals surface area (Å²) in [4.78, 5) is 11.8. The highest BCUT2D eigenvalue weighted by molar-refractivity contribution is 7.92. The summed E-state index contributed by atoms with van der Waals surface area (Å²) in [5.41, 5.74) is 0.0108. The number of carbonyl (C=O) groups is 1. The first-order valence-corrected chi connectivity index (χ1v) is 9.27. The number of aldehydes is 1. The van der Waals surface area contributed by atoms with Crippen molar-refractivity contribution < 1.29 is 17.9 Å². The number of ether oxygens (including phenoxy) is 1. The summed E-state index contributed by atoms with van der Waals surface area (Å²) in [6.07, 6.45) is 0.471. The van der Waals surface area contributed by atoms with E-state index in [1.54, 1.807) is 36.4 Å². The molecular formula is C19H17NO4S. The average molecular weight is 355 g/mol. The van der Waals surface area contributed by atoms with Crippen LogP contribution in [0.5, 0.6) is 5.75 Å². The molecule has 2 aromatic rings. The lowest BCUT2D eigenvalue weighted by Crippen LogP contribution is -2.16. The minimum atomic E-state index is -3.81. The zero-order valence-electron chi connectivity index (χ0n) is 13.8. The molecule has 6 heteroatoms. The normalized spacial score (nSPS) is 25.0. The number of sulfone groups is 1. The number of nitriles is 1. The zero-order chi connectivity index (χ0) is 18.2. The molecule has 0 aliphatic heterocycles. The van der Waals surface area contributed by atoms with Gasteiger partial charge < -0.3 is 9.53 Å². The van der Waals surface area contributed by atoms with Crippen LogP contribution in [0.2, 0.25) is 0 Å². The van der Waals surface area contributed by atoms with Crippen LogP contribution in [-0.4, -0.2) is 27.1 Å². The third-order valence-electron chi connectivity index (χ3n) is 4.73. The molecule has 3 atom stereocenters. The molecule has 0 radical (unpaired) electrons. The Balaban J connectivity index is 2.05. The van der Waals surface area contributed by atoms with E-state index in [-0.39, 0.29) is 4.90 Å². The molecule has 0 aromatic heterocycles. The monoisotopic (exact) mass is 355 g/mol. The summed E-state index contributed by atoms with van der Waals surface area (Å²) in [6, 6.07) is 15.1. The van der Waals surface area contributed by atoms with Gasteiger partial charge in [-0.3, -0.25) is 0 Å². The maximum atomic E-state index is 13.0. The van der Waals surface area contributed by atoms with Crippen molar-refractivity contribution in [1.29, 1.82) is 5.26 Å². The molecule has 128 valence electrons. The first-order valence-electron chi connectivity index (χ1n) is 7.73. The molecule has 1 fully saturated rings. The molecule has 25 heavy (non-hydrogen) atoms. The molecule has 0 amide bonds. The molecule has 1 saturated carbocycles. The largest absolute Gasteiger partial charge is 0.497 e.